The van der Waals surface area contributed by atoms with Gasteiger partial charge in [-0.05, 0) is 19.1 Å². The SMILES string of the molecule is C[C@@H](C(=O)O)N1CCN(c2ccccn2)CC1. The second kappa shape index (κ2) is 5.14. The van der Waals surface area contributed by atoms with Crippen LogP contribution in [-0.2, 0) is 4.79 Å². The summed E-state index contributed by atoms with van der Waals surface area (Å²) in [6, 6.07) is 5.44. The molecule has 2 rings (SSSR count). The summed E-state index contributed by atoms with van der Waals surface area (Å²) in [5, 5.41) is 8.95. The van der Waals surface area contributed by atoms with Crippen molar-refractivity contribution in [2.24, 2.45) is 0 Å². The molecule has 92 valence electrons. The first-order valence-corrected chi connectivity index (χ1v) is 5.81. The highest BCUT2D eigenvalue weighted by molar-refractivity contribution is 5.72. The Morgan fingerprint density at radius 2 is 2.06 bits per heavy atom. The summed E-state index contributed by atoms with van der Waals surface area (Å²) < 4.78 is 0. The van der Waals surface area contributed by atoms with Gasteiger partial charge in [-0.2, -0.15) is 0 Å². The van der Waals surface area contributed by atoms with E-state index in [9.17, 15) is 4.79 Å². The summed E-state index contributed by atoms with van der Waals surface area (Å²) in [4.78, 5) is 19.4. The molecule has 0 bridgehead atoms. The van der Waals surface area contributed by atoms with E-state index in [-0.39, 0.29) is 0 Å². The molecule has 1 aromatic heterocycles. The Morgan fingerprint density at radius 1 is 1.35 bits per heavy atom. The van der Waals surface area contributed by atoms with Crippen LogP contribution in [0.2, 0.25) is 0 Å². The van der Waals surface area contributed by atoms with E-state index in [1.54, 1.807) is 13.1 Å². The molecule has 1 fully saturated rings. The van der Waals surface area contributed by atoms with Gasteiger partial charge in [-0.15, -0.1) is 0 Å². The number of hydrogen-bond donors (Lipinski definition) is 1. The van der Waals surface area contributed by atoms with Crippen molar-refractivity contribution >= 4 is 11.8 Å². The highest BCUT2D eigenvalue weighted by Crippen LogP contribution is 2.13. The smallest absolute Gasteiger partial charge is 0.320 e. The second-order valence-electron chi connectivity index (χ2n) is 4.23. The van der Waals surface area contributed by atoms with E-state index < -0.39 is 12.0 Å². The van der Waals surface area contributed by atoms with Gasteiger partial charge < -0.3 is 10.0 Å². The van der Waals surface area contributed by atoms with Gasteiger partial charge in [0.25, 0.3) is 0 Å². The molecule has 1 saturated heterocycles. The summed E-state index contributed by atoms with van der Waals surface area (Å²) >= 11 is 0. The molecule has 5 nitrogen and oxygen atoms in total. The fraction of sp³-hybridized carbons (Fsp3) is 0.500. The van der Waals surface area contributed by atoms with E-state index in [1.807, 2.05) is 23.1 Å². The zero-order chi connectivity index (χ0) is 12.3. The minimum absolute atomic E-state index is 0.402. The molecule has 0 spiro atoms. The second-order valence-corrected chi connectivity index (χ2v) is 4.23. The summed E-state index contributed by atoms with van der Waals surface area (Å²) in [5.74, 6) is 0.214. The number of piperazine rings is 1. The molecule has 1 aromatic rings. The summed E-state index contributed by atoms with van der Waals surface area (Å²) in [5.41, 5.74) is 0. The fourth-order valence-electron chi connectivity index (χ4n) is 2.04. The van der Waals surface area contributed by atoms with Gasteiger partial charge in [-0.3, -0.25) is 9.69 Å². The van der Waals surface area contributed by atoms with Crippen molar-refractivity contribution in [2.75, 3.05) is 31.1 Å². The molecule has 1 N–H and O–H groups in total. The third kappa shape index (κ3) is 2.74. The topological polar surface area (TPSA) is 56.7 Å². The number of hydrogen-bond acceptors (Lipinski definition) is 4. The molecule has 0 saturated carbocycles. The summed E-state index contributed by atoms with van der Waals surface area (Å²) in [6.45, 7) is 4.93. The zero-order valence-corrected chi connectivity index (χ0v) is 9.91. The third-order valence-corrected chi connectivity index (χ3v) is 3.19. The van der Waals surface area contributed by atoms with Crippen molar-refractivity contribution in [2.45, 2.75) is 13.0 Å². The normalized spacial score (nSPS) is 19.0. The van der Waals surface area contributed by atoms with Crippen molar-refractivity contribution in [1.82, 2.24) is 9.88 Å². The minimum Gasteiger partial charge on any atom is -0.480 e. The van der Waals surface area contributed by atoms with Gasteiger partial charge in [0.05, 0.1) is 0 Å². The predicted octanol–water partition coefficient (Wildman–Crippen LogP) is 0.677. The molecule has 17 heavy (non-hydrogen) atoms. The molecule has 1 aliphatic heterocycles. The lowest BCUT2D eigenvalue weighted by Gasteiger charge is -2.37. The van der Waals surface area contributed by atoms with Crippen LogP contribution in [0.15, 0.2) is 24.4 Å². The van der Waals surface area contributed by atoms with Gasteiger partial charge in [-0.25, -0.2) is 4.98 Å². The van der Waals surface area contributed by atoms with Gasteiger partial charge in [0.2, 0.25) is 0 Å². The summed E-state index contributed by atoms with van der Waals surface area (Å²) in [7, 11) is 0. The predicted molar refractivity (Wildman–Crippen MR) is 65.1 cm³/mol. The Balaban J connectivity index is 1.93. The molecule has 0 radical (unpaired) electrons. The average Bonchev–Trinajstić information content (AvgIpc) is 2.39. The summed E-state index contributed by atoms with van der Waals surface area (Å²) in [6.07, 6.45) is 1.78. The van der Waals surface area contributed by atoms with E-state index in [4.69, 9.17) is 5.11 Å². The van der Waals surface area contributed by atoms with Gasteiger partial charge in [0.15, 0.2) is 0 Å². The van der Waals surface area contributed by atoms with Crippen LogP contribution >= 0.6 is 0 Å². The number of carboxylic acids is 1. The molecule has 5 heteroatoms. The van der Waals surface area contributed by atoms with Crippen LogP contribution in [0.5, 0.6) is 0 Å². The fourth-order valence-corrected chi connectivity index (χ4v) is 2.04. The van der Waals surface area contributed by atoms with Crippen LogP contribution in [0, 0.1) is 0 Å². The Kier molecular flexibility index (Phi) is 3.58. The number of aromatic nitrogens is 1. The number of aliphatic carboxylic acids is 1. The number of pyridine rings is 1. The van der Waals surface area contributed by atoms with E-state index in [0.717, 1.165) is 32.0 Å². The number of carboxylic acid groups (broad SMARTS) is 1. The van der Waals surface area contributed by atoms with E-state index in [1.165, 1.54) is 0 Å². The van der Waals surface area contributed by atoms with E-state index in [2.05, 4.69) is 9.88 Å². The van der Waals surface area contributed by atoms with Crippen molar-refractivity contribution in [3.63, 3.8) is 0 Å². The maximum absolute atomic E-state index is 10.9. The highest BCUT2D eigenvalue weighted by Gasteiger charge is 2.25. The third-order valence-electron chi connectivity index (χ3n) is 3.19. The standard InChI is InChI=1S/C12H17N3O2/c1-10(12(16)17)14-6-8-15(9-7-14)11-4-2-3-5-13-11/h2-5,10H,6-9H2,1H3,(H,16,17)/t10-/m0/s1. The van der Waals surface area contributed by atoms with Crippen LogP contribution in [0.3, 0.4) is 0 Å². The minimum atomic E-state index is -0.753. The Bertz CT molecular complexity index is 375. The first-order valence-electron chi connectivity index (χ1n) is 5.81. The Morgan fingerprint density at radius 3 is 2.59 bits per heavy atom. The maximum Gasteiger partial charge on any atom is 0.320 e. The van der Waals surface area contributed by atoms with Crippen molar-refractivity contribution in [1.29, 1.82) is 0 Å². The van der Waals surface area contributed by atoms with Crippen LogP contribution in [0.25, 0.3) is 0 Å². The molecule has 0 amide bonds. The molecular formula is C12H17N3O2. The molecule has 0 aromatic carbocycles. The number of anilines is 1. The first kappa shape index (κ1) is 11.9. The molecule has 1 aliphatic rings. The molecule has 0 unspecified atom stereocenters. The van der Waals surface area contributed by atoms with Crippen LogP contribution < -0.4 is 4.90 Å². The quantitative estimate of drug-likeness (QED) is 0.834. The number of carbonyl (C=O) groups is 1. The van der Waals surface area contributed by atoms with Gasteiger partial charge in [0, 0.05) is 32.4 Å². The molecular weight excluding hydrogens is 218 g/mol. The van der Waals surface area contributed by atoms with Crippen LogP contribution in [0.4, 0.5) is 5.82 Å². The molecule has 1 atom stereocenters. The highest BCUT2D eigenvalue weighted by atomic mass is 16.4. The zero-order valence-electron chi connectivity index (χ0n) is 9.91. The Hall–Kier alpha value is -1.62. The van der Waals surface area contributed by atoms with Crippen molar-refractivity contribution in [3.8, 4) is 0 Å². The maximum atomic E-state index is 10.9. The average molecular weight is 235 g/mol. The van der Waals surface area contributed by atoms with Crippen molar-refractivity contribution in [3.05, 3.63) is 24.4 Å². The monoisotopic (exact) mass is 235 g/mol. The first-order chi connectivity index (χ1) is 8.18. The van der Waals surface area contributed by atoms with Gasteiger partial charge in [0.1, 0.15) is 11.9 Å². The van der Waals surface area contributed by atoms with Gasteiger partial charge >= 0.3 is 5.97 Å². The van der Waals surface area contributed by atoms with Crippen molar-refractivity contribution < 1.29 is 9.90 Å². The van der Waals surface area contributed by atoms with E-state index in [0.29, 0.717) is 0 Å². The number of nitrogens with zero attached hydrogens (tertiary/aromatic N) is 3. The molecule has 0 aliphatic carbocycles. The lowest BCUT2D eigenvalue weighted by atomic mass is 10.2. The van der Waals surface area contributed by atoms with E-state index >= 15 is 0 Å². The van der Waals surface area contributed by atoms with Crippen LogP contribution in [-0.4, -0.2) is 53.2 Å². The Labute approximate surface area is 101 Å². The molecule has 2 heterocycles. The van der Waals surface area contributed by atoms with Gasteiger partial charge in [-0.1, -0.05) is 6.07 Å². The number of rotatable bonds is 3. The van der Waals surface area contributed by atoms with Crippen LogP contribution in [0.1, 0.15) is 6.92 Å². The largest absolute Gasteiger partial charge is 0.480 e. The lowest BCUT2D eigenvalue weighted by Crippen LogP contribution is -2.51. The lowest BCUT2D eigenvalue weighted by molar-refractivity contribution is -0.142.